The van der Waals surface area contributed by atoms with Gasteiger partial charge < -0.3 is 15.4 Å². The zero-order valence-electron chi connectivity index (χ0n) is 15.8. The van der Waals surface area contributed by atoms with Crippen molar-refractivity contribution in [3.8, 4) is 0 Å². The molecule has 8 nitrogen and oxygen atoms in total. The fourth-order valence-electron chi connectivity index (χ4n) is 2.49. The third-order valence-electron chi connectivity index (χ3n) is 4.00. The molecule has 3 aromatic rings. The van der Waals surface area contributed by atoms with Crippen molar-refractivity contribution in [2.75, 3.05) is 17.7 Å². The van der Waals surface area contributed by atoms with E-state index in [1.165, 1.54) is 20.1 Å². The second-order valence-corrected chi connectivity index (χ2v) is 6.09. The zero-order valence-corrected chi connectivity index (χ0v) is 15.8. The van der Waals surface area contributed by atoms with Crippen LogP contribution in [0.25, 0.3) is 0 Å². The number of nitrogens with one attached hydrogen (secondary N) is 2. The zero-order chi connectivity index (χ0) is 20.8. The lowest BCUT2D eigenvalue weighted by Crippen LogP contribution is -2.14. The quantitative estimate of drug-likeness (QED) is 0.490. The number of carbonyl (C=O) groups is 3. The van der Waals surface area contributed by atoms with Crippen molar-refractivity contribution >= 4 is 34.9 Å². The number of Topliss-reactive ketones (excluding diaryl/α,β-unsaturated/α-hetero) is 1. The Balaban J connectivity index is 1.66. The van der Waals surface area contributed by atoms with Gasteiger partial charge in [-0.3, -0.25) is 9.59 Å². The van der Waals surface area contributed by atoms with Gasteiger partial charge in [0.2, 0.25) is 0 Å². The lowest BCUT2D eigenvalue weighted by atomic mass is 10.1. The van der Waals surface area contributed by atoms with Crippen LogP contribution in [0.1, 0.15) is 38.1 Å². The number of hydrogen-bond acceptors (Lipinski definition) is 7. The van der Waals surface area contributed by atoms with Crippen LogP contribution in [0.4, 0.5) is 17.2 Å². The van der Waals surface area contributed by atoms with Crippen LogP contribution in [0.2, 0.25) is 0 Å². The number of ketones is 1. The highest BCUT2D eigenvalue weighted by atomic mass is 16.5. The second-order valence-electron chi connectivity index (χ2n) is 6.09. The van der Waals surface area contributed by atoms with E-state index >= 15 is 0 Å². The number of anilines is 3. The molecule has 0 saturated heterocycles. The highest BCUT2D eigenvalue weighted by Crippen LogP contribution is 2.17. The van der Waals surface area contributed by atoms with Crippen LogP contribution < -0.4 is 10.6 Å². The summed E-state index contributed by atoms with van der Waals surface area (Å²) < 4.78 is 4.69. The normalized spacial score (nSPS) is 10.1. The van der Waals surface area contributed by atoms with Crippen LogP contribution >= 0.6 is 0 Å². The van der Waals surface area contributed by atoms with Gasteiger partial charge in [-0.2, -0.15) is 0 Å². The number of nitrogens with zero attached hydrogens (tertiary/aromatic N) is 2. The SMILES string of the molecule is COC(=O)c1cccc(Nc2ccc(C(=O)Nc3ccc(C(C)=O)cc3)nn2)c1. The lowest BCUT2D eigenvalue weighted by molar-refractivity contribution is 0.0600. The number of methoxy groups -OCH3 is 1. The third kappa shape index (κ3) is 5.01. The van der Waals surface area contributed by atoms with E-state index in [0.29, 0.717) is 28.3 Å². The second kappa shape index (κ2) is 8.75. The molecule has 0 aliphatic rings. The van der Waals surface area contributed by atoms with Gasteiger partial charge >= 0.3 is 5.97 Å². The fraction of sp³-hybridized carbons (Fsp3) is 0.0952. The number of esters is 1. The van der Waals surface area contributed by atoms with Crippen molar-refractivity contribution in [2.24, 2.45) is 0 Å². The summed E-state index contributed by atoms with van der Waals surface area (Å²) in [7, 11) is 1.31. The molecular formula is C21H18N4O4. The van der Waals surface area contributed by atoms with Crippen LogP contribution in [0.15, 0.2) is 60.7 Å². The summed E-state index contributed by atoms with van der Waals surface area (Å²) in [4.78, 5) is 35.2. The monoisotopic (exact) mass is 390 g/mol. The molecule has 0 aliphatic heterocycles. The average Bonchev–Trinajstić information content (AvgIpc) is 2.74. The van der Waals surface area contributed by atoms with Crippen molar-refractivity contribution < 1.29 is 19.1 Å². The molecular weight excluding hydrogens is 372 g/mol. The van der Waals surface area contributed by atoms with E-state index in [4.69, 9.17) is 4.74 Å². The van der Waals surface area contributed by atoms with Crippen LogP contribution in [0, 0.1) is 0 Å². The summed E-state index contributed by atoms with van der Waals surface area (Å²) in [5.74, 6) is -0.501. The average molecular weight is 390 g/mol. The van der Waals surface area contributed by atoms with Gasteiger partial charge in [-0.1, -0.05) is 6.07 Å². The minimum Gasteiger partial charge on any atom is -0.465 e. The number of ether oxygens (including phenoxy) is 1. The van der Waals surface area contributed by atoms with Gasteiger partial charge in [-0.25, -0.2) is 4.79 Å². The van der Waals surface area contributed by atoms with Crippen molar-refractivity contribution in [1.29, 1.82) is 0 Å². The Morgan fingerprint density at radius 1 is 0.862 bits per heavy atom. The van der Waals surface area contributed by atoms with Crippen molar-refractivity contribution in [2.45, 2.75) is 6.92 Å². The Kier molecular flexibility index (Phi) is 5.94. The predicted molar refractivity (Wildman–Crippen MR) is 107 cm³/mol. The molecule has 0 atom stereocenters. The van der Waals surface area contributed by atoms with Gasteiger partial charge in [0.05, 0.1) is 12.7 Å². The van der Waals surface area contributed by atoms with Crippen LogP contribution in [0.3, 0.4) is 0 Å². The molecule has 0 radical (unpaired) electrons. The van der Waals surface area contributed by atoms with Gasteiger partial charge in [0.25, 0.3) is 5.91 Å². The predicted octanol–water partition coefficient (Wildman–Crippen LogP) is 3.46. The molecule has 8 heteroatoms. The lowest BCUT2D eigenvalue weighted by Gasteiger charge is -2.08. The molecule has 3 rings (SSSR count). The maximum atomic E-state index is 12.3. The highest BCUT2D eigenvalue weighted by Gasteiger charge is 2.10. The van der Waals surface area contributed by atoms with E-state index in [9.17, 15) is 14.4 Å². The molecule has 1 amide bonds. The molecule has 29 heavy (non-hydrogen) atoms. The number of amides is 1. The largest absolute Gasteiger partial charge is 0.465 e. The summed E-state index contributed by atoms with van der Waals surface area (Å²) in [6.45, 7) is 1.48. The fourth-order valence-corrected chi connectivity index (χ4v) is 2.49. The summed E-state index contributed by atoms with van der Waals surface area (Å²) in [6.07, 6.45) is 0. The number of aromatic nitrogens is 2. The van der Waals surface area contributed by atoms with E-state index in [2.05, 4.69) is 20.8 Å². The first-order chi connectivity index (χ1) is 14.0. The number of hydrogen-bond donors (Lipinski definition) is 2. The summed E-state index contributed by atoms with van der Waals surface area (Å²) in [5.41, 5.74) is 2.27. The van der Waals surface area contributed by atoms with Gasteiger partial charge in [0, 0.05) is 16.9 Å². The summed E-state index contributed by atoms with van der Waals surface area (Å²) in [6, 6.07) is 16.4. The Bertz CT molecular complexity index is 1050. The van der Waals surface area contributed by atoms with Crippen LogP contribution in [0.5, 0.6) is 0 Å². The first-order valence-electron chi connectivity index (χ1n) is 8.68. The van der Waals surface area contributed by atoms with Gasteiger partial charge in [0.15, 0.2) is 17.3 Å². The standard InChI is InChI=1S/C21H18N4O4/c1-13(26)14-6-8-16(9-7-14)23-20(27)18-10-11-19(25-24-18)22-17-5-3-4-15(12-17)21(28)29-2/h3-12H,1-2H3,(H,22,25)(H,23,27). The molecule has 0 aliphatic carbocycles. The number of benzene rings is 2. The molecule has 2 N–H and O–H groups in total. The smallest absolute Gasteiger partial charge is 0.337 e. The summed E-state index contributed by atoms with van der Waals surface area (Å²) in [5, 5.41) is 13.6. The Morgan fingerprint density at radius 3 is 2.24 bits per heavy atom. The molecule has 1 aromatic heterocycles. The van der Waals surface area contributed by atoms with E-state index in [1.807, 2.05) is 0 Å². The van der Waals surface area contributed by atoms with E-state index in [-0.39, 0.29) is 11.5 Å². The van der Waals surface area contributed by atoms with E-state index in [0.717, 1.165) is 0 Å². The maximum absolute atomic E-state index is 12.3. The van der Waals surface area contributed by atoms with Crippen molar-refractivity contribution in [3.63, 3.8) is 0 Å². The van der Waals surface area contributed by atoms with Crippen LogP contribution in [-0.2, 0) is 4.74 Å². The Labute approximate surface area is 166 Å². The first kappa shape index (κ1) is 19.7. The Morgan fingerprint density at radius 2 is 1.62 bits per heavy atom. The molecule has 0 unspecified atom stereocenters. The van der Waals surface area contributed by atoms with Gasteiger partial charge in [-0.05, 0) is 61.5 Å². The molecule has 146 valence electrons. The number of carbonyl (C=O) groups excluding carboxylic acids is 3. The van der Waals surface area contributed by atoms with Crippen LogP contribution in [-0.4, -0.2) is 35.0 Å². The molecule has 0 fully saturated rings. The molecule has 0 spiro atoms. The third-order valence-corrected chi connectivity index (χ3v) is 4.00. The van der Waals surface area contributed by atoms with Crippen molar-refractivity contribution in [3.05, 3.63) is 77.5 Å². The minimum atomic E-state index is -0.442. The van der Waals surface area contributed by atoms with Gasteiger partial charge in [-0.15, -0.1) is 10.2 Å². The van der Waals surface area contributed by atoms with Gasteiger partial charge in [0.1, 0.15) is 0 Å². The first-order valence-corrected chi connectivity index (χ1v) is 8.68. The van der Waals surface area contributed by atoms with E-state index in [1.54, 1.807) is 54.6 Å². The molecule has 1 heterocycles. The maximum Gasteiger partial charge on any atom is 0.337 e. The minimum absolute atomic E-state index is 0.0473. The highest BCUT2D eigenvalue weighted by molar-refractivity contribution is 6.03. The molecule has 0 bridgehead atoms. The number of rotatable bonds is 6. The topological polar surface area (TPSA) is 110 Å². The van der Waals surface area contributed by atoms with E-state index < -0.39 is 11.9 Å². The van der Waals surface area contributed by atoms with Crippen molar-refractivity contribution in [1.82, 2.24) is 10.2 Å². The molecule has 2 aromatic carbocycles. The Hall–Kier alpha value is -4.07. The summed E-state index contributed by atoms with van der Waals surface area (Å²) >= 11 is 0. The molecule has 0 saturated carbocycles.